The molecule has 1 aliphatic rings. The lowest BCUT2D eigenvalue weighted by Gasteiger charge is -2.30. The number of rotatable bonds is 3. The maximum Gasteiger partial charge on any atom is 0.0494 e. The van der Waals surface area contributed by atoms with Crippen molar-refractivity contribution in [3.63, 3.8) is 0 Å². The minimum absolute atomic E-state index is 0.0681. The molecule has 0 spiro atoms. The van der Waals surface area contributed by atoms with E-state index in [1.165, 1.54) is 19.4 Å². The molecule has 1 aliphatic heterocycles. The predicted octanol–water partition coefficient (Wildman–Crippen LogP) is 1.49. The maximum atomic E-state index is 9.11. The molecule has 2 nitrogen and oxygen atoms in total. The number of aliphatic hydroxyl groups is 1. The molecule has 0 bridgehead atoms. The van der Waals surface area contributed by atoms with Crippen molar-refractivity contribution in [2.24, 2.45) is 5.41 Å². The summed E-state index contributed by atoms with van der Waals surface area (Å²) in [4.78, 5) is 2.48. The molecule has 1 atom stereocenters. The van der Waals surface area contributed by atoms with Gasteiger partial charge in [-0.3, -0.25) is 0 Å². The fourth-order valence-corrected chi connectivity index (χ4v) is 1.83. The first-order chi connectivity index (χ1) is 5.55. The summed E-state index contributed by atoms with van der Waals surface area (Å²) >= 11 is 0. The summed E-state index contributed by atoms with van der Waals surface area (Å²) in [7, 11) is 0. The maximum absolute atomic E-state index is 9.11. The van der Waals surface area contributed by atoms with Crippen LogP contribution in [0.15, 0.2) is 0 Å². The summed E-state index contributed by atoms with van der Waals surface area (Å²) in [5, 5.41) is 9.11. The van der Waals surface area contributed by atoms with Gasteiger partial charge in [-0.15, -0.1) is 0 Å². The minimum atomic E-state index is 0.0681. The fourth-order valence-electron chi connectivity index (χ4n) is 1.83. The molecular formula is C10H21NO. The summed E-state index contributed by atoms with van der Waals surface area (Å²) in [5.41, 5.74) is 0.0681. The molecule has 1 fully saturated rings. The van der Waals surface area contributed by atoms with Crippen LogP contribution >= 0.6 is 0 Å². The van der Waals surface area contributed by atoms with Gasteiger partial charge in [0.15, 0.2) is 0 Å². The van der Waals surface area contributed by atoms with E-state index in [0.717, 1.165) is 12.6 Å². The molecule has 1 saturated heterocycles. The summed E-state index contributed by atoms with van der Waals surface area (Å²) in [5.74, 6) is 0. The quantitative estimate of drug-likeness (QED) is 0.695. The van der Waals surface area contributed by atoms with Crippen LogP contribution in [0.4, 0.5) is 0 Å². The lowest BCUT2D eigenvalue weighted by atomic mass is 9.94. The third kappa shape index (κ3) is 2.46. The highest BCUT2D eigenvalue weighted by Crippen LogP contribution is 2.23. The summed E-state index contributed by atoms with van der Waals surface area (Å²) in [6.07, 6.45) is 2.64. The van der Waals surface area contributed by atoms with E-state index in [0.29, 0.717) is 0 Å². The zero-order chi connectivity index (χ0) is 9.19. The second-order valence-electron chi connectivity index (χ2n) is 4.78. The first-order valence-electron chi connectivity index (χ1n) is 4.90. The molecule has 72 valence electrons. The van der Waals surface area contributed by atoms with E-state index in [9.17, 15) is 0 Å². The molecular weight excluding hydrogens is 150 g/mol. The molecule has 0 aromatic heterocycles. The van der Waals surface area contributed by atoms with E-state index >= 15 is 0 Å². The second-order valence-corrected chi connectivity index (χ2v) is 4.78. The monoisotopic (exact) mass is 171 g/mol. The van der Waals surface area contributed by atoms with Gasteiger partial charge in [-0.2, -0.15) is 0 Å². The van der Waals surface area contributed by atoms with Crippen molar-refractivity contribution in [1.29, 1.82) is 0 Å². The third-order valence-electron chi connectivity index (χ3n) is 2.75. The van der Waals surface area contributed by atoms with Crippen molar-refractivity contribution >= 4 is 0 Å². The van der Waals surface area contributed by atoms with Gasteiger partial charge < -0.3 is 10.0 Å². The standard InChI is InChI=1S/C10H21NO/c1-9-5-4-6-11(9)7-10(2,3)8-12/h9,12H,4-8H2,1-3H3. The third-order valence-corrected chi connectivity index (χ3v) is 2.75. The van der Waals surface area contributed by atoms with Crippen LogP contribution < -0.4 is 0 Å². The lowest BCUT2D eigenvalue weighted by Crippen LogP contribution is -2.38. The molecule has 0 radical (unpaired) electrons. The van der Waals surface area contributed by atoms with Crippen LogP contribution in [-0.2, 0) is 0 Å². The van der Waals surface area contributed by atoms with Crippen LogP contribution in [0.25, 0.3) is 0 Å². The van der Waals surface area contributed by atoms with E-state index in [-0.39, 0.29) is 12.0 Å². The SMILES string of the molecule is CC1CCCN1CC(C)(C)CO. The first kappa shape index (κ1) is 10.0. The van der Waals surface area contributed by atoms with Gasteiger partial charge in [0.25, 0.3) is 0 Å². The van der Waals surface area contributed by atoms with Crippen molar-refractivity contribution in [2.45, 2.75) is 39.7 Å². The Labute approximate surface area is 75.6 Å². The minimum Gasteiger partial charge on any atom is -0.396 e. The van der Waals surface area contributed by atoms with Crippen molar-refractivity contribution in [1.82, 2.24) is 4.90 Å². The van der Waals surface area contributed by atoms with Crippen LogP contribution in [0.2, 0.25) is 0 Å². The molecule has 1 rings (SSSR count). The molecule has 0 aromatic rings. The van der Waals surface area contributed by atoms with E-state index in [1.54, 1.807) is 0 Å². The molecule has 0 saturated carbocycles. The van der Waals surface area contributed by atoms with Crippen LogP contribution in [0.1, 0.15) is 33.6 Å². The Morgan fingerprint density at radius 3 is 2.58 bits per heavy atom. The van der Waals surface area contributed by atoms with E-state index in [2.05, 4.69) is 25.7 Å². The van der Waals surface area contributed by atoms with Crippen molar-refractivity contribution in [3.05, 3.63) is 0 Å². The van der Waals surface area contributed by atoms with Gasteiger partial charge in [0.2, 0.25) is 0 Å². The lowest BCUT2D eigenvalue weighted by molar-refractivity contribution is 0.1000. The Hall–Kier alpha value is -0.0800. The largest absolute Gasteiger partial charge is 0.396 e. The molecule has 0 aromatic carbocycles. The summed E-state index contributed by atoms with van der Waals surface area (Å²) in [6, 6.07) is 0.718. The number of hydrogen-bond acceptors (Lipinski definition) is 2. The number of nitrogens with zero attached hydrogens (tertiary/aromatic N) is 1. The van der Waals surface area contributed by atoms with Crippen molar-refractivity contribution in [2.75, 3.05) is 19.7 Å². The first-order valence-corrected chi connectivity index (χ1v) is 4.90. The Balaban J connectivity index is 2.39. The fraction of sp³-hybridized carbons (Fsp3) is 1.00. The van der Waals surface area contributed by atoms with Crippen LogP contribution in [-0.4, -0.2) is 35.7 Å². The van der Waals surface area contributed by atoms with Gasteiger partial charge in [0.1, 0.15) is 0 Å². The average molecular weight is 171 g/mol. The molecule has 2 heteroatoms. The average Bonchev–Trinajstić information content (AvgIpc) is 2.36. The molecule has 1 N–H and O–H groups in total. The van der Waals surface area contributed by atoms with Gasteiger partial charge in [-0.25, -0.2) is 0 Å². The second kappa shape index (κ2) is 3.75. The number of likely N-dealkylation sites (tertiary alicyclic amines) is 1. The van der Waals surface area contributed by atoms with Crippen LogP contribution in [0.5, 0.6) is 0 Å². The van der Waals surface area contributed by atoms with Crippen LogP contribution in [0, 0.1) is 5.41 Å². The molecule has 1 heterocycles. The van der Waals surface area contributed by atoms with Gasteiger partial charge >= 0.3 is 0 Å². The summed E-state index contributed by atoms with van der Waals surface area (Å²) in [6.45, 7) is 9.06. The zero-order valence-corrected chi connectivity index (χ0v) is 8.51. The number of hydrogen-bond donors (Lipinski definition) is 1. The highest BCUT2D eigenvalue weighted by atomic mass is 16.3. The van der Waals surface area contributed by atoms with Gasteiger partial charge in [0.05, 0.1) is 0 Å². The van der Waals surface area contributed by atoms with E-state index in [4.69, 9.17) is 5.11 Å². The van der Waals surface area contributed by atoms with Gasteiger partial charge in [-0.1, -0.05) is 13.8 Å². The predicted molar refractivity (Wildman–Crippen MR) is 51.1 cm³/mol. The van der Waals surface area contributed by atoms with Crippen LogP contribution in [0.3, 0.4) is 0 Å². The van der Waals surface area contributed by atoms with E-state index in [1.807, 2.05) is 0 Å². The Morgan fingerprint density at radius 2 is 2.17 bits per heavy atom. The normalized spacial score (nSPS) is 26.5. The molecule has 12 heavy (non-hydrogen) atoms. The topological polar surface area (TPSA) is 23.5 Å². The van der Waals surface area contributed by atoms with Gasteiger partial charge in [0, 0.05) is 24.6 Å². The van der Waals surface area contributed by atoms with E-state index < -0.39 is 0 Å². The number of aliphatic hydroxyl groups excluding tert-OH is 1. The highest BCUT2D eigenvalue weighted by Gasteiger charge is 2.26. The Morgan fingerprint density at radius 1 is 1.50 bits per heavy atom. The molecule has 0 amide bonds. The smallest absolute Gasteiger partial charge is 0.0494 e. The van der Waals surface area contributed by atoms with Crippen molar-refractivity contribution < 1.29 is 5.11 Å². The molecule has 1 unspecified atom stereocenters. The van der Waals surface area contributed by atoms with Crippen molar-refractivity contribution in [3.8, 4) is 0 Å². The Kier molecular flexibility index (Phi) is 3.13. The highest BCUT2D eigenvalue weighted by molar-refractivity contribution is 4.80. The Bertz CT molecular complexity index is 145. The van der Waals surface area contributed by atoms with Gasteiger partial charge in [-0.05, 0) is 26.3 Å². The summed E-state index contributed by atoms with van der Waals surface area (Å²) < 4.78 is 0. The zero-order valence-electron chi connectivity index (χ0n) is 8.51. The molecule has 0 aliphatic carbocycles.